The molecule has 0 radical (unpaired) electrons. The maximum absolute atomic E-state index is 5.69. The smallest absolute Gasteiger partial charge is 0.121 e. The van der Waals surface area contributed by atoms with Crippen molar-refractivity contribution in [2.75, 3.05) is 6.54 Å². The number of nitrogens with one attached hydrogen (secondary N) is 1. The molecule has 72 valence electrons. The summed E-state index contributed by atoms with van der Waals surface area (Å²) >= 11 is 0. The molecule has 0 aliphatic carbocycles. The molecule has 1 N–H and O–H groups in total. The fourth-order valence-corrected chi connectivity index (χ4v) is 1.87. The van der Waals surface area contributed by atoms with Crippen molar-refractivity contribution in [1.82, 2.24) is 5.32 Å². The number of piperidine rings is 1. The normalized spacial score (nSPS) is 23.4. The second-order valence-electron chi connectivity index (χ2n) is 3.89. The van der Waals surface area contributed by atoms with Crippen molar-refractivity contribution >= 4 is 0 Å². The van der Waals surface area contributed by atoms with E-state index in [0.29, 0.717) is 6.04 Å². The van der Waals surface area contributed by atoms with Gasteiger partial charge in [0.15, 0.2) is 0 Å². The lowest BCUT2D eigenvalue weighted by Crippen LogP contribution is -2.26. The molecular formula is C11H17NO. The molecule has 2 rings (SSSR count). The molecule has 0 bridgehead atoms. The third-order valence-electron chi connectivity index (χ3n) is 2.84. The van der Waals surface area contributed by atoms with Crippen LogP contribution in [-0.4, -0.2) is 6.54 Å². The third kappa shape index (κ3) is 1.78. The van der Waals surface area contributed by atoms with Crippen molar-refractivity contribution < 1.29 is 4.42 Å². The van der Waals surface area contributed by atoms with Crippen LogP contribution in [0, 0.1) is 13.8 Å². The molecule has 0 spiro atoms. The monoisotopic (exact) mass is 179 g/mol. The summed E-state index contributed by atoms with van der Waals surface area (Å²) in [7, 11) is 0. The quantitative estimate of drug-likeness (QED) is 0.717. The van der Waals surface area contributed by atoms with Gasteiger partial charge in [-0.15, -0.1) is 0 Å². The highest BCUT2D eigenvalue weighted by molar-refractivity contribution is 5.20. The van der Waals surface area contributed by atoms with Crippen LogP contribution in [0.5, 0.6) is 0 Å². The van der Waals surface area contributed by atoms with Gasteiger partial charge in [-0.2, -0.15) is 0 Å². The van der Waals surface area contributed by atoms with Gasteiger partial charge in [0.05, 0.1) is 6.04 Å². The Kier molecular flexibility index (Phi) is 2.40. The van der Waals surface area contributed by atoms with Gasteiger partial charge in [0.25, 0.3) is 0 Å². The van der Waals surface area contributed by atoms with Crippen LogP contribution in [0.25, 0.3) is 0 Å². The van der Waals surface area contributed by atoms with Gasteiger partial charge in [-0.25, -0.2) is 0 Å². The van der Waals surface area contributed by atoms with E-state index in [0.717, 1.165) is 18.1 Å². The van der Waals surface area contributed by atoms with Crippen molar-refractivity contribution in [3.63, 3.8) is 0 Å². The van der Waals surface area contributed by atoms with E-state index in [1.165, 1.54) is 24.8 Å². The lowest BCUT2D eigenvalue weighted by atomic mass is 10.0. The number of hydrogen-bond donors (Lipinski definition) is 1. The van der Waals surface area contributed by atoms with Gasteiger partial charge in [0, 0.05) is 0 Å². The van der Waals surface area contributed by atoms with Gasteiger partial charge in [0.2, 0.25) is 0 Å². The van der Waals surface area contributed by atoms with E-state index >= 15 is 0 Å². The molecule has 1 aliphatic rings. The van der Waals surface area contributed by atoms with Crippen LogP contribution in [0.4, 0.5) is 0 Å². The topological polar surface area (TPSA) is 25.2 Å². The highest BCUT2D eigenvalue weighted by atomic mass is 16.3. The van der Waals surface area contributed by atoms with Crippen molar-refractivity contribution in [3.05, 3.63) is 23.2 Å². The first-order chi connectivity index (χ1) is 6.27. The first-order valence-electron chi connectivity index (χ1n) is 5.07. The summed E-state index contributed by atoms with van der Waals surface area (Å²) in [6.45, 7) is 5.26. The summed E-state index contributed by atoms with van der Waals surface area (Å²) in [6, 6.07) is 2.62. The van der Waals surface area contributed by atoms with Crippen LogP contribution < -0.4 is 5.32 Å². The molecule has 0 unspecified atom stereocenters. The molecule has 1 atom stereocenters. The number of hydrogen-bond acceptors (Lipinski definition) is 2. The number of furan rings is 1. The molecule has 2 heteroatoms. The molecule has 1 saturated heterocycles. The van der Waals surface area contributed by atoms with Crippen LogP contribution in [0.2, 0.25) is 0 Å². The lowest BCUT2D eigenvalue weighted by Gasteiger charge is -2.21. The minimum Gasteiger partial charge on any atom is -0.464 e. The molecule has 13 heavy (non-hydrogen) atoms. The highest BCUT2D eigenvalue weighted by Crippen LogP contribution is 2.26. The Morgan fingerprint density at radius 1 is 1.38 bits per heavy atom. The fourth-order valence-electron chi connectivity index (χ4n) is 1.87. The van der Waals surface area contributed by atoms with Crippen LogP contribution in [-0.2, 0) is 0 Å². The van der Waals surface area contributed by atoms with Gasteiger partial charge in [-0.05, 0) is 44.9 Å². The maximum Gasteiger partial charge on any atom is 0.121 e. The molecule has 1 aliphatic heterocycles. The second kappa shape index (κ2) is 3.54. The molecule has 2 nitrogen and oxygen atoms in total. The second-order valence-corrected chi connectivity index (χ2v) is 3.89. The zero-order valence-electron chi connectivity index (χ0n) is 8.39. The van der Waals surface area contributed by atoms with Gasteiger partial charge < -0.3 is 9.73 Å². The van der Waals surface area contributed by atoms with E-state index in [1.54, 1.807) is 0 Å². The average Bonchev–Trinajstić information content (AvgIpc) is 2.49. The Morgan fingerprint density at radius 2 is 2.23 bits per heavy atom. The van der Waals surface area contributed by atoms with E-state index in [1.807, 2.05) is 6.92 Å². The van der Waals surface area contributed by atoms with Crippen molar-refractivity contribution in [2.45, 2.75) is 39.2 Å². The summed E-state index contributed by atoms with van der Waals surface area (Å²) in [6.07, 6.45) is 3.83. The molecule has 0 amide bonds. The van der Waals surface area contributed by atoms with E-state index < -0.39 is 0 Å². The zero-order valence-corrected chi connectivity index (χ0v) is 8.39. The summed E-state index contributed by atoms with van der Waals surface area (Å²) in [5.74, 6) is 2.18. The Bertz CT molecular complexity index is 265. The Hall–Kier alpha value is -0.760. The number of aryl methyl sites for hydroxylation is 2. The molecule has 1 aromatic heterocycles. The van der Waals surface area contributed by atoms with Gasteiger partial charge >= 0.3 is 0 Å². The van der Waals surface area contributed by atoms with E-state index in [9.17, 15) is 0 Å². The molecule has 0 aromatic carbocycles. The molecule has 1 aromatic rings. The molecular weight excluding hydrogens is 162 g/mol. The van der Waals surface area contributed by atoms with E-state index in [2.05, 4.69) is 18.3 Å². The maximum atomic E-state index is 5.69. The zero-order chi connectivity index (χ0) is 9.26. The van der Waals surface area contributed by atoms with E-state index in [4.69, 9.17) is 4.42 Å². The molecule has 2 heterocycles. The van der Waals surface area contributed by atoms with Crippen molar-refractivity contribution in [1.29, 1.82) is 0 Å². The standard InChI is InChI=1S/C11H17NO/c1-8-7-11(13-9(8)2)10-5-3-4-6-12-10/h7,10,12H,3-6H2,1-2H3/t10-/m1/s1. The largest absolute Gasteiger partial charge is 0.464 e. The van der Waals surface area contributed by atoms with Crippen molar-refractivity contribution in [3.8, 4) is 0 Å². The SMILES string of the molecule is Cc1cc([C@H]2CCCCN2)oc1C. The highest BCUT2D eigenvalue weighted by Gasteiger charge is 2.18. The molecule has 1 fully saturated rings. The minimum atomic E-state index is 0.459. The van der Waals surface area contributed by atoms with Gasteiger partial charge in [-0.1, -0.05) is 6.42 Å². The first kappa shape index (κ1) is 8.82. The van der Waals surface area contributed by atoms with Crippen molar-refractivity contribution in [2.24, 2.45) is 0 Å². The Morgan fingerprint density at radius 3 is 2.77 bits per heavy atom. The number of rotatable bonds is 1. The summed E-state index contributed by atoms with van der Waals surface area (Å²) < 4.78 is 5.69. The summed E-state index contributed by atoms with van der Waals surface area (Å²) in [5, 5.41) is 3.48. The fraction of sp³-hybridized carbons (Fsp3) is 0.636. The van der Waals surface area contributed by atoms with Gasteiger partial charge in [-0.3, -0.25) is 0 Å². The Labute approximate surface area is 79.3 Å². The van der Waals surface area contributed by atoms with Gasteiger partial charge in [0.1, 0.15) is 11.5 Å². The minimum absolute atomic E-state index is 0.459. The summed E-state index contributed by atoms with van der Waals surface area (Å²) in [5.41, 5.74) is 1.27. The summed E-state index contributed by atoms with van der Waals surface area (Å²) in [4.78, 5) is 0. The molecule has 0 saturated carbocycles. The average molecular weight is 179 g/mol. The predicted octanol–water partition coefficient (Wildman–Crippen LogP) is 2.71. The lowest BCUT2D eigenvalue weighted by molar-refractivity contribution is 0.343. The predicted molar refractivity (Wildman–Crippen MR) is 52.8 cm³/mol. The Balaban J connectivity index is 2.14. The van der Waals surface area contributed by atoms with E-state index in [-0.39, 0.29) is 0 Å². The van der Waals surface area contributed by atoms with Crippen LogP contribution in [0.3, 0.4) is 0 Å². The van der Waals surface area contributed by atoms with Crippen LogP contribution in [0.15, 0.2) is 10.5 Å². The first-order valence-corrected chi connectivity index (χ1v) is 5.07. The van der Waals surface area contributed by atoms with Crippen LogP contribution >= 0.6 is 0 Å². The van der Waals surface area contributed by atoms with Crippen LogP contribution in [0.1, 0.15) is 42.4 Å². The third-order valence-corrected chi connectivity index (χ3v) is 2.84.